The zero-order valence-corrected chi connectivity index (χ0v) is 16.8. The molecule has 2 atom stereocenters. The fourth-order valence-corrected chi connectivity index (χ4v) is 4.06. The van der Waals surface area contributed by atoms with Gasteiger partial charge in [-0.25, -0.2) is 9.97 Å². The summed E-state index contributed by atoms with van der Waals surface area (Å²) in [5.41, 5.74) is 3.55. The Balaban J connectivity index is 1.43. The van der Waals surface area contributed by atoms with Gasteiger partial charge in [-0.15, -0.1) is 0 Å². The van der Waals surface area contributed by atoms with Crippen LogP contribution in [0.1, 0.15) is 23.4 Å². The summed E-state index contributed by atoms with van der Waals surface area (Å²) >= 11 is 0. The van der Waals surface area contributed by atoms with Crippen LogP contribution in [0.25, 0.3) is 0 Å². The maximum atomic E-state index is 10.2. The van der Waals surface area contributed by atoms with Crippen molar-refractivity contribution in [3.05, 3.63) is 29.3 Å². The number of aryl methyl sites for hydroxylation is 1. The first kappa shape index (κ1) is 19.1. The predicted molar refractivity (Wildman–Crippen MR) is 106 cm³/mol. The third kappa shape index (κ3) is 3.82. The van der Waals surface area contributed by atoms with Crippen LogP contribution in [0.2, 0.25) is 0 Å². The number of anilines is 2. The minimum Gasteiger partial charge on any atom is -0.391 e. The number of hydrogen-bond acceptors (Lipinski definition) is 8. The van der Waals surface area contributed by atoms with E-state index < -0.39 is 0 Å². The highest BCUT2D eigenvalue weighted by molar-refractivity contribution is 5.51. The van der Waals surface area contributed by atoms with Gasteiger partial charge in [-0.2, -0.15) is 5.10 Å². The van der Waals surface area contributed by atoms with Crippen LogP contribution in [0.4, 0.5) is 11.6 Å². The summed E-state index contributed by atoms with van der Waals surface area (Å²) in [5, 5.41) is 18.4. The first-order chi connectivity index (χ1) is 13.5. The fourth-order valence-electron chi connectivity index (χ4n) is 4.06. The molecule has 2 aromatic rings. The van der Waals surface area contributed by atoms with Gasteiger partial charge in [-0.05, 0) is 6.42 Å². The van der Waals surface area contributed by atoms with Crippen molar-refractivity contribution in [1.29, 1.82) is 0 Å². The molecule has 0 radical (unpaired) electrons. The van der Waals surface area contributed by atoms with E-state index in [1.54, 1.807) is 6.33 Å². The Bertz CT molecular complexity index is 823. The monoisotopic (exact) mass is 387 g/mol. The van der Waals surface area contributed by atoms with Crippen molar-refractivity contribution in [2.24, 2.45) is 7.05 Å². The molecule has 9 nitrogen and oxygen atoms in total. The summed E-state index contributed by atoms with van der Waals surface area (Å²) in [6.07, 6.45) is 2.85. The van der Waals surface area contributed by atoms with E-state index in [1.165, 1.54) is 11.3 Å². The molecule has 0 aromatic carbocycles. The number of ether oxygens (including phenoxy) is 1. The van der Waals surface area contributed by atoms with Crippen molar-refractivity contribution >= 4 is 11.6 Å². The number of rotatable bonds is 6. The van der Waals surface area contributed by atoms with Crippen LogP contribution in [0.15, 0.2) is 12.4 Å². The highest BCUT2D eigenvalue weighted by Crippen LogP contribution is 2.26. The van der Waals surface area contributed by atoms with E-state index >= 15 is 0 Å². The Kier molecular flexibility index (Phi) is 5.47. The SMILES string of the molecule is CN(C)c1cc(N2C[C@H](O)C[C@@H]2CNCc2c3c(nn2C)CCOC3)ncn1. The van der Waals surface area contributed by atoms with Crippen LogP contribution in [0.5, 0.6) is 0 Å². The molecule has 4 rings (SSSR count). The van der Waals surface area contributed by atoms with Gasteiger partial charge in [0.25, 0.3) is 0 Å². The quantitative estimate of drug-likeness (QED) is 0.720. The highest BCUT2D eigenvalue weighted by Gasteiger charge is 2.32. The third-order valence-electron chi connectivity index (χ3n) is 5.54. The molecule has 4 heterocycles. The lowest BCUT2D eigenvalue weighted by Gasteiger charge is -2.26. The minimum absolute atomic E-state index is 0.181. The van der Waals surface area contributed by atoms with Gasteiger partial charge in [0, 0.05) is 64.9 Å². The summed E-state index contributed by atoms with van der Waals surface area (Å²) < 4.78 is 7.57. The third-order valence-corrected chi connectivity index (χ3v) is 5.54. The molecule has 0 saturated carbocycles. The number of hydrogen-bond donors (Lipinski definition) is 2. The summed E-state index contributed by atoms with van der Waals surface area (Å²) in [4.78, 5) is 12.9. The Labute approximate surface area is 165 Å². The summed E-state index contributed by atoms with van der Waals surface area (Å²) in [6, 6.07) is 2.15. The topological polar surface area (TPSA) is 91.6 Å². The Morgan fingerprint density at radius 2 is 2.21 bits per heavy atom. The second-order valence-electron chi connectivity index (χ2n) is 7.75. The lowest BCUT2D eigenvalue weighted by Crippen LogP contribution is -2.38. The number of β-amino-alcohol motifs (C(OH)–C–C–N with tert-alkyl or cyclic N) is 1. The molecule has 2 aliphatic rings. The molecule has 0 bridgehead atoms. The molecule has 0 aliphatic carbocycles. The van der Waals surface area contributed by atoms with E-state index in [1.807, 2.05) is 36.8 Å². The summed E-state index contributed by atoms with van der Waals surface area (Å²) in [7, 11) is 5.91. The Morgan fingerprint density at radius 3 is 3.04 bits per heavy atom. The maximum absolute atomic E-state index is 10.2. The van der Waals surface area contributed by atoms with E-state index in [0.29, 0.717) is 13.2 Å². The normalized spacial score (nSPS) is 21.8. The number of fused-ring (bicyclic) bond motifs is 1. The van der Waals surface area contributed by atoms with Gasteiger partial charge >= 0.3 is 0 Å². The van der Waals surface area contributed by atoms with Gasteiger partial charge in [0.15, 0.2) is 0 Å². The van der Waals surface area contributed by atoms with Crippen LogP contribution in [-0.4, -0.2) is 70.8 Å². The second kappa shape index (κ2) is 8.02. The van der Waals surface area contributed by atoms with Crippen molar-refractivity contribution < 1.29 is 9.84 Å². The molecule has 2 aliphatic heterocycles. The van der Waals surface area contributed by atoms with Crippen molar-refractivity contribution in [2.75, 3.05) is 43.6 Å². The Morgan fingerprint density at radius 1 is 1.36 bits per heavy atom. The smallest absolute Gasteiger partial charge is 0.134 e. The predicted octanol–water partition coefficient (Wildman–Crippen LogP) is 0.0782. The van der Waals surface area contributed by atoms with Crippen molar-refractivity contribution in [3.8, 4) is 0 Å². The molecule has 0 spiro atoms. The van der Waals surface area contributed by atoms with Gasteiger partial charge in [0.2, 0.25) is 0 Å². The molecular weight excluding hydrogens is 358 g/mol. The van der Waals surface area contributed by atoms with Crippen LogP contribution in [-0.2, 0) is 31.4 Å². The van der Waals surface area contributed by atoms with Crippen LogP contribution < -0.4 is 15.1 Å². The fraction of sp³-hybridized carbons (Fsp3) is 0.632. The highest BCUT2D eigenvalue weighted by atomic mass is 16.5. The zero-order valence-electron chi connectivity index (χ0n) is 16.8. The summed E-state index contributed by atoms with van der Waals surface area (Å²) in [6.45, 7) is 3.47. The molecule has 1 saturated heterocycles. The number of aliphatic hydroxyl groups excluding tert-OH is 1. The average molecular weight is 387 g/mol. The number of aromatic nitrogens is 4. The van der Waals surface area contributed by atoms with Crippen LogP contribution >= 0.6 is 0 Å². The second-order valence-corrected chi connectivity index (χ2v) is 7.75. The molecule has 2 N–H and O–H groups in total. The largest absolute Gasteiger partial charge is 0.391 e. The van der Waals surface area contributed by atoms with E-state index in [2.05, 4.69) is 25.3 Å². The van der Waals surface area contributed by atoms with Gasteiger partial charge in [0.05, 0.1) is 30.7 Å². The van der Waals surface area contributed by atoms with E-state index in [4.69, 9.17) is 4.74 Å². The molecule has 9 heteroatoms. The molecular formula is C19H29N7O2. The Hall–Kier alpha value is -2.23. The first-order valence-corrected chi connectivity index (χ1v) is 9.79. The number of nitrogens with one attached hydrogen (secondary N) is 1. The van der Waals surface area contributed by atoms with Gasteiger partial charge in [-0.3, -0.25) is 4.68 Å². The molecule has 0 amide bonds. The zero-order chi connectivity index (χ0) is 19.7. The first-order valence-electron chi connectivity index (χ1n) is 9.79. The van der Waals surface area contributed by atoms with Crippen LogP contribution in [0.3, 0.4) is 0 Å². The van der Waals surface area contributed by atoms with Crippen molar-refractivity contribution in [3.63, 3.8) is 0 Å². The molecule has 152 valence electrons. The summed E-state index contributed by atoms with van der Waals surface area (Å²) in [5.74, 6) is 1.72. The van der Waals surface area contributed by atoms with Crippen molar-refractivity contribution in [1.82, 2.24) is 25.1 Å². The van der Waals surface area contributed by atoms with Gasteiger partial charge in [-0.1, -0.05) is 0 Å². The molecule has 1 fully saturated rings. The standard InChI is InChI=1S/C19H29N7O2/c1-24(2)18-7-19(22-12-21-18)26-10-14(27)6-13(26)8-20-9-17-15-11-28-5-4-16(15)23-25(17)3/h7,12-14,20,27H,4-6,8-11H2,1-3H3/t13-,14-/m1/s1. The lowest BCUT2D eigenvalue weighted by molar-refractivity contribution is 0.109. The van der Waals surface area contributed by atoms with E-state index in [9.17, 15) is 5.11 Å². The molecule has 28 heavy (non-hydrogen) atoms. The lowest BCUT2D eigenvalue weighted by atomic mass is 10.1. The number of nitrogens with zero attached hydrogens (tertiary/aromatic N) is 6. The maximum Gasteiger partial charge on any atom is 0.134 e. The average Bonchev–Trinajstić information content (AvgIpc) is 3.21. The molecule has 2 aromatic heterocycles. The minimum atomic E-state index is -0.345. The van der Waals surface area contributed by atoms with Crippen LogP contribution in [0, 0.1) is 0 Å². The van der Waals surface area contributed by atoms with Gasteiger partial charge in [0.1, 0.15) is 18.0 Å². The van der Waals surface area contributed by atoms with Crippen molar-refractivity contribution in [2.45, 2.75) is 38.1 Å². The number of aliphatic hydroxyl groups is 1. The molecule has 0 unspecified atom stereocenters. The van der Waals surface area contributed by atoms with E-state index in [-0.39, 0.29) is 12.1 Å². The van der Waals surface area contributed by atoms with Gasteiger partial charge < -0.3 is 25.0 Å². The van der Waals surface area contributed by atoms with E-state index in [0.717, 1.165) is 49.9 Å².